The molecule has 1 heterocycles. The van der Waals surface area contributed by atoms with E-state index in [1.807, 2.05) is 31.3 Å². The normalized spacial score (nSPS) is 20.0. The van der Waals surface area contributed by atoms with Gasteiger partial charge in [-0.15, -0.1) is 0 Å². The maximum absolute atomic E-state index is 12.3. The zero-order valence-electron chi connectivity index (χ0n) is 9.95. The molecule has 1 fully saturated rings. The van der Waals surface area contributed by atoms with E-state index in [0.717, 1.165) is 29.5 Å². The van der Waals surface area contributed by atoms with Gasteiger partial charge >= 0.3 is 0 Å². The number of likely N-dealkylation sites (N-methyl/N-ethyl adjacent to an activating group) is 1. The van der Waals surface area contributed by atoms with Crippen molar-refractivity contribution in [1.82, 2.24) is 5.32 Å². The summed E-state index contributed by atoms with van der Waals surface area (Å²) in [5.74, 6) is 0.155. The van der Waals surface area contributed by atoms with Crippen molar-refractivity contribution in [1.29, 1.82) is 0 Å². The zero-order chi connectivity index (χ0) is 12.3. The molecule has 1 aliphatic heterocycles. The molecule has 1 atom stereocenters. The molecule has 0 bridgehead atoms. The number of nitrogens with zero attached hydrogens (tertiary/aromatic N) is 1. The van der Waals surface area contributed by atoms with Crippen LogP contribution in [0.5, 0.6) is 0 Å². The number of piperidine rings is 1. The van der Waals surface area contributed by atoms with Crippen molar-refractivity contribution >= 4 is 27.5 Å². The Morgan fingerprint density at radius 1 is 1.47 bits per heavy atom. The minimum atomic E-state index is -0.0206. The monoisotopic (exact) mass is 296 g/mol. The molecule has 0 aromatic heterocycles. The van der Waals surface area contributed by atoms with Crippen LogP contribution in [0.15, 0.2) is 28.7 Å². The maximum Gasteiger partial charge on any atom is 0.243 e. The fourth-order valence-corrected chi connectivity index (χ4v) is 2.50. The molecule has 0 aliphatic carbocycles. The van der Waals surface area contributed by atoms with Crippen LogP contribution in [0.1, 0.15) is 19.3 Å². The highest BCUT2D eigenvalue weighted by Gasteiger charge is 2.24. The molecule has 92 valence electrons. The van der Waals surface area contributed by atoms with Crippen LogP contribution in [0.25, 0.3) is 0 Å². The number of hydrogen-bond donors (Lipinski definition) is 1. The highest BCUT2D eigenvalue weighted by atomic mass is 79.9. The smallest absolute Gasteiger partial charge is 0.243 e. The van der Waals surface area contributed by atoms with Crippen molar-refractivity contribution in [2.45, 2.75) is 25.3 Å². The molecule has 1 unspecified atom stereocenters. The summed E-state index contributed by atoms with van der Waals surface area (Å²) in [4.78, 5) is 14.0. The molecule has 1 amide bonds. The van der Waals surface area contributed by atoms with Gasteiger partial charge in [0.15, 0.2) is 0 Å². The van der Waals surface area contributed by atoms with E-state index in [9.17, 15) is 4.79 Å². The molecule has 2 rings (SSSR count). The van der Waals surface area contributed by atoms with E-state index in [1.54, 1.807) is 4.90 Å². The first-order valence-electron chi connectivity index (χ1n) is 5.95. The third-order valence-corrected chi connectivity index (χ3v) is 3.63. The lowest BCUT2D eigenvalue weighted by Gasteiger charge is -2.27. The summed E-state index contributed by atoms with van der Waals surface area (Å²) in [7, 11) is 1.83. The Labute approximate surface area is 110 Å². The van der Waals surface area contributed by atoms with Gasteiger partial charge in [0, 0.05) is 17.2 Å². The van der Waals surface area contributed by atoms with Crippen LogP contribution in [0, 0.1) is 0 Å². The van der Waals surface area contributed by atoms with Crippen LogP contribution >= 0.6 is 15.9 Å². The van der Waals surface area contributed by atoms with Gasteiger partial charge in [-0.25, -0.2) is 0 Å². The molecule has 0 spiro atoms. The van der Waals surface area contributed by atoms with Gasteiger partial charge in [-0.3, -0.25) is 4.79 Å². The largest absolute Gasteiger partial charge is 0.314 e. The van der Waals surface area contributed by atoms with Gasteiger partial charge in [0.2, 0.25) is 5.91 Å². The second kappa shape index (κ2) is 5.65. The number of nitrogens with one attached hydrogen (secondary N) is 1. The molecule has 3 nitrogen and oxygen atoms in total. The summed E-state index contributed by atoms with van der Waals surface area (Å²) >= 11 is 3.42. The van der Waals surface area contributed by atoms with Crippen molar-refractivity contribution in [3.05, 3.63) is 28.7 Å². The van der Waals surface area contributed by atoms with Crippen LogP contribution in [0.3, 0.4) is 0 Å². The van der Waals surface area contributed by atoms with E-state index >= 15 is 0 Å². The fourth-order valence-electron chi connectivity index (χ4n) is 2.11. The Balaban J connectivity index is 2.08. The average molecular weight is 297 g/mol. The van der Waals surface area contributed by atoms with Crippen LogP contribution in [-0.4, -0.2) is 25.5 Å². The van der Waals surface area contributed by atoms with Crippen molar-refractivity contribution in [2.75, 3.05) is 18.5 Å². The van der Waals surface area contributed by atoms with Gasteiger partial charge in [0.25, 0.3) is 0 Å². The summed E-state index contributed by atoms with van der Waals surface area (Å²) in [6.45, 7) is 0.947. The number of amides is 1. The quantitative estimate of drug-likeness (QED) is 0.910. The molecule has 1 aromatic rings. The van der Waals surface area contributed by atoms with E-state index < -0.39 is 0 Å². The molecule has 1 aromatic carbocycles. The lowest BCUT2D eigenvalue weighted by atomic mass is 10.0. The van der Waals surface area contributed by atoms with Crippen molar-refractivity contribution in [3.63, 3.8) is 0 Å². The van der Waals surface area contributed by atoms with E-state index in [4.69, 9.17) is 0 Å². The molecule has 0 saturated carbocycles. The van der Waals surface area contributed by atoms with Crippen LogP contribution in [0.2, 0.25) is 0 Å². The minimum absolute atomic E-state index is 0.0206. The van der Waals surface area contributed by atoms with Crippen molar-refractivity contribution in [3.8, 4) is 0 Å². The van der Waals surface area contributed by atoms with Crippen LogP contribution < -0.4 is 10.2 Å². The van der Waals surface area contributed by atoms with Gasteiger partial charge in [0.05, 0.1) is 6.04 Å². The van der Waals surface area contributed by atoms with Gasteiger partial charge in [0.1, 0.15) is 0 Å². The molecular weight excluding hydrogens is 280 g/mol. The van der Waals surface area contributed by atoms with Gasteiger partial charge < -0.3 is 10.2 Å². The predicted molar refractivity (Wildman–Crippen MR) is 73.2 cm³/mol. The number of carbonyl (C=O) groups is 1. The minimum Gasteiger partial charge on any atom is -0.314 e. The van der Waals surface area contributed by atoms with E-state index in [0.29, 0.717) is 0 Å². The van der Waals surface area contributed by atoms with Gasteiger partial charge in [-0.2, -0.15) is 0 Å². The second-order valence-electron chi connectivity index (χ2n) is 4.38. The highest BCUT2D eigenvalue weighted by molar-refractivity contribution is 9.10. The number of hydrogen-bond acceptors (Lipinski definition) is 2. The first-order chi connectivity index (χ1) is 8.18. The van der Waals surface area contributed by atoms with Crippen LogP contribution in [0.4, 0.5) is 5.69 Å². The Morgan fingerprint density at radius 2 is 2.29 bits per heavy atom. The third-order valence-electron chi connectivity index (χ3n) is 3.13. The first kappa shape index (κ1) is 12.6. The highest BCUT2D eigenvalue weighted by Crippen LogP contribution is 2.20. The summed E-state index contributed by atoms with van der Waals surface area (Å²) < 4.78 is 0.992. The molecule has 4 heteroatoms. The Bertz CT molecular complexity index is 402. The van der Waals surface area contributed by atoms with Crippen molar-refractivity contribution in [2.24, 2.45) is 0 Å². The topological polar surface area (TPSA) is 32.3 Å². The molecule has 1 aliphatic rings. The number of anilines is 1. The summed E-state index contributed by atoms with van der Waals surface area (Å²) in [5.41, 5.74) is 0.928. The SMILES string of the molecule is CN(C(=O)C1CCCCN1)c1cccc(Br)c1. The van der Waals surface area contributed by atoms with E-state index in [-0.39, 0.29) is 11.9 Å². The molecule has 1 saturated heterocycles. The summed E-state index contributed by atoms with van der Waals surface area (Å²) in [6.07, 6.45) is 3.25. The van der Waals surface area contributed by atoms with Crippen LogP contribution in [-0.2, 0) is 4.79 Å². The zero-order valence-corrected chi connectivity index (χ0v) is 11.5. The van der Waals surface area contributed by atoms with Gasteiger partial charge in [-0.05, 0) is 37.6 Å². The third kappa shape index (κ3) is 3.07. The Hall–Kier alpha value is -0.870. The molecule has 0 radical (unpaired) electrons. The molecule has 17 heavy (non-hydrogen) atoms. The molecular formula is C13H17BrN2O. The second-order valence-corrected chi connectivity index (χ2v) is 5.30. The first-order valence-corrected chi connectivity index (χ1v) is 6.74. The number of benzene rings is 1. The van der Waals surface area contributed by atoms with Crippen molar-refractivity contribution < 1.29 is 4.79 Å². The Morgan fingerprint density at radius 3 is 2.94 bits per heavy atom. The lowest BCUT2D eigenvalue weighted by Crippen LogP contribution is -2.47. The number of halogens is 1. The standard InChI is InChI=1S/C13H17BrN2O/c1-16(11-6-4-5-10(14)9-11)13(17)12-7-2-3-8-15-12/h4-6,9,12,15H,2-3,7-8H2,1H3. The van der Waals surface area contributed by atoms with E-state index in [1.165, 1.54) is 6.42 Å². The average Bonchev–Trinajstić information content (AvgIpc) is 2.38. The fraction of sp³-hybridized carbons (Fsp3) is 0.462. The lowest BCUT2D eigenvalue weighted by molar-refractivity contribution is -0.120. The predicted octanol–water partition coefficient (Wildman–Crippen LogP) is 2.55. The maximum atomic E-state index is 12.3. The molecule has 1 N–H and O–H groups in total. The number of rotatable bonds is 2. The summed E-state index contributed by atoms with van der Waals surface area (Å²) in [5, 5.41) is 3.28. The Kier molecular flexibility index (Phi) is 4.18. The van der Waals surface area contributed by atoms with Gasteiger partial charge in [-0.1, -0.05) is 28.4 Å². The van der Waals surface area contributed by atoms with E-state index in [2.05, 4.69) is 21.2 Å². The summed E-state index contributed by atoms with van der Waals surface area (Å²) in [6, 6.07) is 7.79. The number of carbonyl (C=O) groups excluding carboxylic acids is 1.